The molecule has 0 spiro atoms. The Morgan fingerprint density at radius 3 is 2.00 bits per heavy atom. The van der Waals surface area contributed by atoms with Crippen LogP contribution in [0.1, 0.15) is 0 Å². The van der Waals surface area contributed by atoms with Gasteiger partial charge >= 0.3 is 40.7 Å². The summed E-state index contributed by atoms with van der Waals surface area (Å²) in [5.41, 5.74) is 0. The van der Waals surface area contributed by atoms with E-state index in [9.17, 15) is 0 Å². The Morgan fingerprint density at radius 2 is 2.00 bits per heavy atom. The molecule has 0 bridgehead atoms. The van der Waals surface area contributed by atoms with Crippen molar-refractivity contribution >= 4 is 0 Å². The van der Waals surface area contributed by atoms with Crippen molar-refractivity contribution in [1.29, 1.82) is 0 Å². The van der Waals surface area contributed by atoms with Gasteiger partial charge in [0.25, 0.3) is 0 Å². The van der Waals surface area contributed by atoms with Crippen LogP contribution in [0.25, 0.3) is 0 Å². The molecule has 0 saturated heterocycles. The zero-order chi connectivity index (χ0) is 4.28. The van der Waals surface area contributed by atoms with Gasteiger partial charge in [-0.3, -0.25) is 0 Å². The second-order valence-corrected chi connectivity index (χ2v) is 0.305. The van der Waals surface area contributed by atoms with Gasteiger partial charge in [0.15, 0.2) is 0 Å². The van der Waals surface area contributed by atoms with Crippen molar-refractivity contribution in [3.8, 4) is 0 Å². The van der Waals surface area contributed by atoms with Gasteiger partial charge in [0, 0.05) is 0 Å². The Labute approximate surface area is 60.9 Å². The smallest absolute Gasteiger partial charge is 0.214 e. The zero-order valence-electron chi connectivity index (χ0n) is 2.70. The van der Waals surface area contributed by atoms with Gasteiger partial charge in [-0.15, -0.1) is 15.1 Å². The molecule has 0 aliphatic heterocycles. The van der Waals surface area contributed by atoms with E-state index in [4.69, 9.17) is 15.4 Å². The molecule has 0 aromatic rings. The second kappa shape index (κ2) is 5.35. The first-order valence-corrected chi connectivity index (χ1v) is 0.730. The van der Waals surface area contributed by atoms with Crippen molar-refractivity contribution in [1.82, 2.24) is 0 Å². The van der Waals surface area contributed by atoms with Gasteiger partial charge in [0.1, 0.15) is 0 Å². The number of nitrogens with zero attached hydrogens (tertiary/aromatic N) is 1. The predicted molar refractivity (Wildman–Crippen MR) is 10.7 cm³/mol. The fourth-order valence-corrected chi connectivity index (χ4v) is 0. The van der Waals surface area contributed by atoms with Crippen molar-refractivity contribution in [3.63, 3.8) is 0 Å². The standard InChI is InChI=1S/La.HNO4/c;2-1(3)5-4/h;4H/q+3;. The average molecular weight is 218 g/mol. The Balaban J connectivity index is 0. The van der Waals surface area contributed by atoms with Gasteiger partial charge in [-0.25, -0.2) is 5.26 Å². The number of hydrogen-bond acceptors (Lipinski definition) is 4. The van der Waals surface area contributed by atoms with Gasteiger partial charge < -0.3 is 0 Å². The van der Waals surface area contributed by atoms with Crippen molar-refractivity contribution in [2.45, 2.75) is 0 Å². The van der Waals surface area contributed by atoms with Crippen molar-refractivity contribution in [2.75, 3.05) is 0 Å². The topological polar surface area (TPSA) is 72.6 Å². The molecule has 0 amide bonds. The summed E-state index contributed by atoms with van der Waals surface area (Å²) in [6.07, 6.45) is 0. The Bertz CT molecular complexity index is 42.8. The molecule has 0 fully saturated rings. The first-order chi connectivity index (χ1) is 2.27. The molecule has 30 valence electrons. The molecule has 0 heterocycles. The predicted octanol–water partition coefficient (Wildman–Crippen LogP) is -0.332. The van der Waals surface area contributed by atoms with E-state index < -0.39 is 5.09 Å². The molecule has 0 atom stereocenters. The molecule has 0 aliphatic carbocycles. The van der Waals surface area contributed by atoms with Gasteiger partial charge in [0.2, 0.25) is 0 Å². The molecule has 5 nitrogen and oxygen atoms in total. The molecule has 0 saturated carbocycles. The van der Waals surface area contributed by atoms with Crippen LogP contribution in [0.2, 0.25) is 0 Å². The van der Waals surface area contributed by atoms with E-state index in [0.717, 1.165) is 0 Å². The van der Waals surface area contributed by atoms with Crippen LogP contribution in [0.4, 0.5) is 0 Å². The third kappa shape index (κ3) is 8.84. The first-order valence-electron chi connectivity index (χ1n) is 0.730. The Morgan fingerprint density at radius 1 is 1.83 bits per heavy atom. The van der Waals surface area contributed by atoms with Gasteiger partial charge in [-0.1, -0.05) is 0 Å². The van der Waals surface area contributed by atoms with Crippen LogP contribution in [0, 0.1) is 45.7 Å². The molecular weight excluding hydrogens is 217 g/mol. The van der Waals surface area contributed by atoms with Crippen LogP contribution in [0.5, 0.6) is 0 Å². The van der Waals surface area contributed by atoms with Gasteiger partial charge in [-0.05, 0) is 0 Å². The Hall–Kier alpha value is 0.355. The van der Waals surface area contributed by atoms with Gasteiger partial charge in [-0.2, -0.15) is 0 Å². The monoisotopic (exact) mass is 218 g/mol. The van der Waals surface area contributed by atoms with E-state index in [1.807, 2.05) is 0 Å². The maximum absolute atomic E-state index is 8.70. The van der Waals surface area contributed by atoms with Crippen LogP contribution >= 0.6 is 0 Å². The van der Waals surface area contributed by atoms with Gasteiger partial charge in [0.05, 0.1) is 0 Å². The molecule has 0 aliphatic rings. The molecular formula is HLaNO4+3. The summed E-state index contributed by atoms with van der Waals surface area (Å²) < 4.78 is 0. The summed E-state index contributed by atoms with van der Waals surface area (Å²) in [7, 11) is 0. The normalized spacial score (nSPS) is 5.50. The van der Waals surface area contributed by atoms with Crippen LogP contribution in [-0.4, -0.2) is 10.3 Å². The first kappa shape index (κ1) is 9.61. The molecule has 0 radical (unpaired) electrons. The minimum absolute atomic E-state index is 0. The summed E-state index contributed by atoms with van der Waals surface area (Å²) in [6.45, 7) is 0. The Kier molecular flexibility index (Phi) is 8.58. The fraction of sp³-hybridized carbons (Fsp3) is 0. The third-order valence-electron chi connectivity index (χ3n) is 0.0667. The summed E-state index contributed by atoms with van der Waals surface area (Å²) in [5, 5.41) is 14.3. The summed E-state index contributed by atoms with van der Waals surface area (Å²) >= 11 is 0. The molecule has 6 heavy (non-hydrogen) atoms. The molecule has 6 heteroatoms. The van der Waals surface area contributed by atoms with Crippen molar-refractivity contribution in [2.24, 2.45) is 0 Å². The largest absolute Gasteiger partial charge is 3.00 e. The number of rotatable bonds is 1. The minimum atomic E-state index is -1.32. The van der Waals surface area contributed by atoms with E-state index in [2.05, 4.69) is 4.99 Å². The van der Waals surface area contributed by atoms with E-state index in [1.165, 1.54) is 0 Å². The third-order valence-corrected chi connectivity index (χ3v) is 0.0667. The molecule has 0 unspecified atom stereocenters. The SMILES string of the molecule is O=[N+]([O-])OO.[La+3]. The molecule has 0 aromatic carbocycles. The quantitative estimate of drug-likeness (QED) is 0.371. The van der Waals surface area contributed by atoms with E-state index in [1.54, 1.807) is 0 Å². The zero-order valence-corrected chi connectivity index (χ0v) is 6.32. The molecule has 1 N–H and O–H groups in total. The van der Waals surface area contributed by atoms with E-state index in [-0.39, 0.29) is 35.6 Å². The van der Waals surface area contributed by atoms with E-state index in [0.29, 0.717) is 0 Å². The maximum atomic E-state index is 8.70. The molecule has 0 aromatic heterocycles. The van der Waals surface area contributed by atoms with Crippen LogP contribution < -0.4 is 0 Å². The van der Waals surface area contributed by atoms with Crippen molar-refractivity contribution in [3.05, 3.63) is 10.1 Å². The van der Waals surface area contributed by atoms with Crippen LogP contribution in [0.3, 0.4) is 0 Å². The van der Waals surface area contributed by atoms with E-state index >= 15 is 0 Å². The van der Waals surface area contributed by atoms with Crippen LogP contribution in [0.15, 0.2) is 0 Å². The summed E-state index contributed by atoms with van der Waals surface area (Å²) in [5.74, 6) is 0. The number of hydrogen-bond donors (Lipinski definition) is 1. The van der Waals surface area contributed by atoms with Crippen LogP contribution in [-0.2, 0) is 4.99 Å². The molecule has 0 rings (SSSR count). The minimum Gasteiger partial charge on any atom is -0.214 e. The average Bonchev–Trinajstić information content (AvgIpc) is 1.38. The maximum Gasteiger partial charge on any atom is 3.00 e. The fourth-order valence-electron chi connectivity index (χ4n) is 0. The second-order valence-electron chi connectivity index (χ2n) is 0.305. The van der Waals surface area contributed by atoms with Crippen molar-refractivity contribution < 1.29 is 50.9 Å². The summed E-state index contributed by atoms with van der Waals surface area (Å²) in [4.78, 5) is 11.2. The summed E-state index contributed by atoms with van der Waals surface area (Å²) in [6, 6.07) is 0.